The minimum absolute atomic E-state index is 0.130. The quantitative estimate of drug-likeness (QED) is 0.810. The van der Waals surface area contributed by atoms with Crippen LogP contribution < -0.4 is 15.8 Å². The first kappa shape index (κ1) is 17.3. The van der Waals surface area contributed by atoms with E-state index < -0.39 is 0 Å². The largest absolute Gasteiger partial charge is 0.492 e. The van der Waals surface area contributed by atoms with E-state index in [0.29, 0.717) is 31.0 Å². The molecular weight excluding hydrogens is 324 g/mol. The van der Waals surface area contributed by atoms with Gasteiger partial charge >= 0.3 is 0 Å². The first-order valence-electron chi connectivity index (χ1n) is 9.85. The lowest BCUT2D eigenvalue weighted by atomic mass is 9.65. The molecule has 26 heavy (non-hydrogen) atoms. The van der Waals surface area contributed by atoms with E-state index in [1.807, 2.05) is 24.3 Å². The van der Waals surface area contributed by atoms with E-state index in [4.69, 9.17) is 10.5 Å². The fraction of sp³-hybridized carbons (Fsp3) is 0.500. The van der Waals surface area contributed by atoms with Gasteiger partial charge in [0.05, 0.1) is 6.54 Å². The van der Waals surface area contributed by atoms with Crippen LogP contribution in [0.3, 0.4) is 0 Å². The van der Waals surface area contributed by atoms with Gasteiger partial charge in [-0.3, -0.25) is 4.79 Å². The summed E-state index contributed by atoms with van der Waals surface area (Å²) in [6, 6.07) is 14.6. The Balaban J connectivity index is 1.24. The Morgan fingerprint density at radius 2 is 1.81 bits per heavy atom. The van der Waals surface area contributed by atoms with Crippen LogP contribution in [0.2, 0.25) is 0 Å². The number of nitrogens with two attached hydrogens (primary N) is 1. The average molecular weight is 352 g/mol. The van der Waals surface area contributed by atoms with Crippen molar-refractivity contribution in [2.75, 3.05) is 13.2 Å². The summed E-state index contributed by atoms with van der Waals surface area (Å²) in [7, 11) is 0. The number of benzene rings is 2. The number of amides is 1. The topological polar surface area (TPSA) is 64.4 Å². The zero-order chi connectivity index (χ0) is 17.9. The Kier molecular flexibility index (Phi) is 5.11. The molecule has 2 aliphatic carbocycles. The molecule has 2 atom stereocenters. The van der Waals surface area contributed by atoms with Gasteiger partial charge in [0.2, 0.25) is 5.91 Å². The number of hydrogen-bond acceptors (Lipinski definition) is 3. The van der Waals surface area contributed by atoms with Gasteiger partial charge in [0.1, 0.15) is 12.4 Å². The highest BCUT2D eigenvalue weighted by Gasteiger charge is 2.40. The third-order valence-electron chi connectivity index (χ3n) is 6.17. The molecule has 4 nitrogen and oxygen atoms in total. The lowest BCUT2D eigenvalue weighted by Gasteiger charge is -2.43. The van der Waals surface area contributed by atoms with Gasteiger partial charge in [-0.15, -0.1) is 0 Å². The Labute approximate surface area is 155 Å². The molecule has 1 amide bonds. The molecular formula is C22H28N2O2. The average Bonchev–Trinajstić information content (AvgIpc) is 2.64. The maximum Gasteiger partial charge on any atom is 0.223 e. The fourth-order valence-corrected chi connectivity index (χ4v) is 4.75. The molecule has 0 heterocycles. The van der Waals surface area contributed by atoms with E-state index >= 15 is 0 Å². The van der Waals surface area contributed by atoms with E-state index in [1.54, 1.807) is 0 Å². The Hall–Kier alpha value is -2.07. The summed E-state index contributed by atoms with van der Waals surface area (Å²) >= 11 is 0. The summed E-state index contributed by atoms with van der Waals surface area (Å²) in [6.07, 6.45) is 5.56. The molecule has 4 rings (SSSR count). The van der Waals surface area contributed by atoms with Crippen LogP contribution in [0.25, 0.3) is 10.8 Å². The van der Waals surface area contributed by atoms with Crippen LogP contribution in [-0.4, -0.2) is 25.1 Å². The van der Waals surface area contributed by atoms with Crippen molar-refractivity contribution in [2.45, 2.75) is 38.1 Å². The molecule has 0 saturated heterocycles. The molecule has 0 aliphatic heterocycles. The summed E-state index contributed by atoms with van der Waals surface area (Å²) in [5.41, 5.74) is 6.32. The van der Waals surface area contributed by atoms with Gasteiger partial charge in [-0.05, 0) is 60.4 Å². The fourth-order valence-electron chi connectivity index (χ4n) is 4.75. The SMILES string of the molecule is NC1C2CCCC1CC(C(=O)NCCOc1ccc3ccccc3c1)C2. The van der Waals surface area contributed by atoms with Crippen LogP contribution in [0.4, 0.5) is 0 Å². The van der Waals surface area contributed by atoms with Crippen LogP contribution in [0.5, 0.6) is 5.75 Å². The second-order valence-electron chi connectivity index (χ2n) is 7.85. The molecule has 2 aromatic carbocycles. The summed E-state index contributed by atoms with van der Waals surface area (Å²) in [5.74, 6) is 2.22. The van der Waals surface area contributed by atoms with Crippen molar-refractivity contribution in [1.29, 1.82) is 0 Å². The molecule has 0 aromatic heterocycles. The van der Waals surface area contributed by atoms with Crippen LogP contribution in [0.1, 0.15) is 32.1 Å². The molecule has 3 N–H and O–H groups in total. The summed E-state index contributed by atoms with van der Waals surface area (Å²) in [6.45, 7) is 1.03. The summed E-state index contributed by atoms with van der Waals surface area (Å²) < 4.78 is 5.81. The molecule has 138 valence electrons. The summed E-state index contributed by atoms with van der Waals surface area (Å²) in [4.78, 5) is 12.5. The highest BCUT2D eigenvalue weighted by atomic mass is 16.5. The molecule has 2 unspecified atom stereocenters. The van der Waals surface area contributed by atoms with Gasteiger partial charge in [-0.2, -0.15) is 0 Å². The van der Waals surface area contributed by atoms with Crippen LogP contribution in [0, 0.1) is 17.8 Å². The molecule has 0 radical (unpaired) electrons. The molecule has 2 saturated carbocycles. The third-order valence-corrected chi connectivity index (χ3v) is 6.17. The number of rotatable bonds is 5. The summed E-state index contributed by atoms with van der Waals surface area (Å²) in [5, 5.41) is 5.43. The number of carbonyl (C=O) groups excluding carboxylic acids is 1. The van der Waals surface area contributed by atoms with Gasteiger partial charge in [-0.1, -0.05) is 36.8 Å². The molecule has 4 heteroatoms. The van der Waals surface area contributed by atoms with Crippen molar-refractivity contribution >= 4 is 16.7 Å². The monoisotopic (exact) mass is 352 g/mol. The molecule has 2 aliphatic rings. The number of hydrogen-bond donors (Lipinski definition) is 2. The van der Waals surface area contributed by atoms with Gasteiger partial charge in [0.25, 0.3) is 0 Å². The van der Waals surface area contributed by atoms with Crippen molar-refractivity contribution in [1.82, 2.24) is 5.32 Å². The van der Waals surface area contributed by atoms with E-state index in [1.165, 1.54) is 30.0 Å². The zero-order valence-corrected chi connectivity index (χ0v) is 15.2. The van der Waals surface area contributed by atoms with Crippen molar-refractivity contribution in [3.63, 3.8) is 0 Å². The standard InChI is InChI=1S/C22H28N2O2/c23-21-17-6-3-7-18(21)13-19(12-17)22(25)24-10-11-26-20-9-8-15-4-1-2-5-16(15)14-20/h1-2,4-5,8-9,14,17-19,21H,3,6-7,10-13,23H2,(H,24,25). The Bertz CT molecular complexity index is 762. The van der Waals surface area contributed by atoms with Gasteiger partial charge in [-0.25, -0.2) is 0 Å². The molecule has 0 spiro atoms. The number of nitrogens with one attached hydrogen (secondary N) is 1. The number of carbonyl (C=O) groups is 1. The van der Waals surface area contributed by atoms with E-state index in [0.717, 1.165) is 18.6 Å². The Morgan fingerprint density at radius 3 is 2.58 bits per heavy atom. The molecule has 2 aromatic rings. The first-order chi connectivity index (χ1) is 12.7. The molecule has 2 fully saturated rings. The predicted molar refractivity (Wildman–Crippen MR) is 104 cm³/mol. The van der Waals surface area contributed by atoms with Gasteiger partial charge < -0.3 is 15.8 Å². The van der Waals surface area contributed by atoms with Crippen LogP contribution in [0.15, 0.2) is 42.5 Å². The maximum atomic E-state index is 12.5. The van der Waals surface area contributed by atoms with Gasteiger partial charge in [0, 0.05) is 12.0 Å². The number of ether oxygens (including phenoxy) is 1. The number of fused-ring (bicyclic) bond motifs is 3. The predicted octanol–water partition coefficient (Wildman–Crippen LogP) is 3.49. The highest BCUT2D eigenvalue weighted by molar-refractivity contribution is 5.83. The minimum atomic E-state index is 0.130. The van der Waals surface area contributed by atoms with Crippen LogP contribution >= 0.6 is 0 Å². The van der Waals surface area contributed by atoms with Crippen molar-refractivity contribution in [2.24, 2.45) is 23.5 Å². The highest BCUT2D eigenvalue weighted by Crippen LogP contribution is 2.41. The van der Waals surface area contributed by atoms with Crippen molar-refractivity contribution < 1.29 is 9.53 Å². The lowest BCUT2D eigenvalue weighted by molar-refractivity contribution is -0.128. The maximum absolute atomic E-state index is 12.5. The van der Waals surface area contributed by atoms with Crippen molar-refractivity contribution in [3.8, 4) is 5.75 Å². The zero-order valence-electron chi connectivity index (χ0n) is 15.2. The first-order valence-corrected chi connectivity index (χ1v) is 9.85. The lowest BCUT2D eigenvalue weighted by Crippen LogP contribution is -2.49. The third kappa shape index (κ3) is 3.70. The van der Waals surface area contributed by atoms with E-state index in [9.17, 15) is 4.79 Å². The second-order valence-corrected chi connectivity index (χ2v) is 7.85. The normalized spacial score (nSPS) is 27.9. The smallest absolute Gasteiger partial charge is 0.223 e. The van der Waals surface area contributed by atoms with Gasteiger partial charge in [0.15, 0.2) is 0 Å². The molecule has 2 bridgehead atoms. The van der Waals surface area contributed by atoms with E-state index in [-0.39, 0.29) is 11.8 Å². The van der Waals surface area contributed by atoms with Crippen molar-refractivity contribution in [3.05, 3.63) is 42.5 Å². The minimum Gasteiger partial charge on any atom is -0.492 e. The van der Waals surface area contributed by atoms with Crippen LogP contribution in [-0.2, 0) is 4.79 Å². The second kappa shape index (κ2) is 7.67. The Morgan fingerprint density at radius 1 is 1.08 bits per heavy atom. The van der Waals surface area contributed by atoms with E-state index in [2.05, 4.69) is 23.5 Å².